The van der Waals surface area contributed by atoms with Gasteiger partial charge in [0.25, 0.3) is 10.0 Å². The maximum Gasteiger partial charge on any atom is 0.261 e. The number of benzene rings is 2. The van der Waals surface area contributed by atoms with Crippen molar-refractivity contribution < 1.29 is 17.9 Å². The zero-order valence-corrected chi connectivity index (χ0v) is 16.7. The fourth-order valence-corrected chi connectivity index (χ4v) is 3.74. The number of ether oxygens (including phenoxy) is 1. The molecule has 1 amide bonds. The van der Waals surface area contributed by atoms with Crippen LogP contribution in [-0.2, 0) is 14.8 Å². The first kappa shape index (κ1) is 20.1. The average molecular weight is 395 g/mol. The highest BCUT2D eigenvalue weighted by molar-refractivity contribution is 7.98. The van der Waals surface area contributed by atoms with Crippen molar-refractivity contribution >= 4 is 39.1 Å². The van der Waals surface area contributed by atoms with Crippen molar-refractivity contribution in [2.75, 3.05) is 23.4 Å². The van der Waals surface area contributed by atoms with E-state index < -0.39 is 10.0 Å². The van der Waals surface area contributed by atoms with Gasteiger partial charge in [0.2, 0.25) is 5.91 Å². The summed E-state index contributed by atoms with van der Waals surface area (Å²) >= 11 is 1.43. The Balaban J connectivity index is 2.35. The molecule has 0 spiro atoms. The van der Waals surface area contributed by atoms with Crippen molar-refractivity contribution in [3.8, 4) is 5.75 Å². The van der Waals surface area contributed by atoms with Crippen molar-refractivity contribution in [1.29, 1.82) is 0 Å². The van der Waals surface area contributed by atoms with Crippen LogP contribution < -0.4 is 14.8 Å². The van der Waals surface area contributed by atoms with Crippen LogP contribution in [0.25, 0.3) is 0 Å². The van der Waals surface area contributed by atoms with Gasteiger partial charge in [0, 0.05) is 16.9 Å². The Hall–Kier alpha value is -2.19. The standard InChI is InChI=1S/C18H22N2O4S2/c1-12(2)18(21)19-16-11-15(8-9-17(16)25-4)26(22,23)20-13-6-5-7-14(10-13)24-3/h5-12,20H,1-4H3,(H,19,21). The second kappa shape index (κ2) is 8.46. The number of thioether (sulfide) groups is 1. The molecule has 2 rings (SSSR count). The third-order valence-electron chi connectivity index (χ3n) is 3.59. The second-order valence-electron chi connectivity index (χ2n) is 5.84. The molecule has 0 unspecified atom stereocenters. The molecule has 0 aliphatic carbocycles. The van der Waals surface area contributed by atoms with Gasteiger partial charge in [0.05, 0.1) is 23.4 Å². The Kier molecular flexibility index (Phi) is 6.55. The first-order valence-corrected chi connectivity index (χ1v) is 10.6. The Morgan fingerprint density at radius 2 is 1.88 bits per heavy atom. The molecule has 2 aromatic carbocycles. The van der Waals surface area contributed by atoms with E-state index in [0.29, 0.717) is 17.1 Å². The summed E-state index contributed by atoms with van der Waals surface area (Å²) in [5, 5.41) is 2.78. The molecule has 0 aromatic heterocycles. The number of hydrogen-bond donors (Lipinski definition) is 2. The van der Waals surface area contributed by atoms with E-state index >= 15 is 0 Å². The number of methoxy groups -OCH3 is 1. The van der Waals surface area contributed by atoms with Crippen LogP contribution in [0, 0.1) is 5.92 Å². The molecule has 0 aliphatic rings. The molecule has 2 N–H and O–H groups in total. The third kappa shape index (κ3) is 4.92. The highest BCUT2D eigenvalue weighted by Gasteiger charge is 2.18. The van der Waals surface area contributed by atoms with Crippen LogP contribution in [0.2, 0.25) is 0 Å². The number of sulfonamides is 1. The Morgan fingerprint density at radius 3 is 2.50 bits per heavy atom. The number of hydrogen-bond acceptors (Lipinski definition) is 5. The molecule has 0 bridgehead atoms. The van der Waals surface area contributed by atoms with Gasteiger partial charge in [-0.15, -0.1) is 11.8 Å². The maximum atomic E-state index is 12.7. The fraction of sp³-hybridized carbons (Fsp3) is 0.278. The SMILES string of the molecule is COc1cccc(NS(=O)(=O)c2ccc(SC)c(NC(=O)C(C)C)c2)c1. The van der Waals surface area contributed by atoms with Gasteiger partial charge in [-0.1, -0.05) is 19.9 Å². The molecule has 26 heavy (non-hydrogen) atoms. The second-order valence-corrected chi connectivity index (χ2v) is 8.37. The number of rotatable bonds is 7. The van der Waals surface area contributed by atoms with Crippen LogP contribution in [0.4, 0.5) is 11.4 Å². The van der Waals surface area contributed by atoms with Crippen molar-refractivity contribution in [1.82, 2.24) is 0 Å². The number of nitrogens with one attached hydrogen (secondary N) is 2. The molecule has 8 heteroatoms. The van der Waals surface area contributed by atoms with Gasteiger partial charge in [-0.2, -0.15) is 0 Å². The van der Waals surface area contributed by atoms with Gasteiger partial charge in [-0.3, -0.25) is 9.52 Å². The van der Waals surface area contributed by atoms with E-state index in [2.05, 4.69) is 10.0 Å². The number of carbonyl (C=O) groups excluding carboxylic acids is 1. The summed E-state index contributed by atoms with van der Waals surface area (Å²) in [7, 11) is -2.30. The Labute approximate surface area is 158 Å². The van der Waals surface area contributed by atoms with Crippen LogP contribution in [0.1, 0.15) is 13.8 Å². The first-order valence-electron chi connectivity index (χ1n) is 7.92. The number of amides is 1. The Morgan fingerprint density at radius 1 is 1.15 bits per heavy atom. The van der Waals surface area contributed by atoms with Gasteiger partial charge in [0.1, 0.15) is 5.75 Å². The predicted octanol–water partition coefficient (Wildman–Crippen LogP) is 3.81. The van der Waals surface area contributed by atoms with Crippen molar-refractivity contribution in [3.05, 3.63) is 42.5 Å². The van der Waals surface area contributed by atoms with Crippen LogP contribution >= 0.6 is 11.8 Å². The molecule has 0 radical (unpaired) electrons. The minimum Gasteiger partial charge on any atom is -0.497 e. The predicted molar refractivity (Wildman–Crippen MR) is 105 cm³/mol. The normalized spacial score (nSPS) is 11.3. The van der Waals surface area contributed by atoms with E-state index in [4.69, 9.17) is 4.74 Å². The van der Waals surface area contributed by atoms with E-state index in [0.717, 1.165) is 4.90 Å². The monoisotopic (exact) mass is 394 g/mol. The summed E-state index contributed by atoms with van der Waals surface area (Å²) in [4.78, 5) is 12.9. The van der Waals surface area contributed by atoms with Crippen molar-refractivity contribution in [2.24, 2.45) is 5.92 Å². The molecule has 0 atom stereocenters. The topological polar surface area (TPSA) is 84.5 Å². The van der Waals surface area contributed by atoms with E-state index in [9.17, 15) is 13.2 Å². The molecule has 0 aliphatic heterocycles. The molecular weight excluding hydrogens is 372 g/mol. The minimum atomic E-state index is -3.81. The highest BCUT2D eigenvalue weighted by atomic mass is 32.2. The van der Waals surface area contributed by atoms with Crippen LogP contribution in [-0.4, -0.2) is 27.7 Å². The molecule has 6 nitrogen and oxygen atoms in total. The van der Waals surface area contributed by atoms with Crippen LogP contribution in [0.3, 0.4) is 0 Å². The molecular formula is C18H22N2O4S2. The zero-order chi connectivity index (χ0) is 19.3. The molecule has 0 saturated carbocycles. The van der Waals surface area contributed by atoms with Crippen LogP contribution in [0.15, 0.2) is 52.3 Å². The molecule has 0 heterocycles. The number of carbonyl (C=O) groups is 1. The van der Waals surface area contributed by atoms with Gasteiger partial charge in [0.15, 0.2) is 0 Å². The van der Waals surface area contributed by atoms with E-state index in [1.807, 2.05) is 6.26 Å². The average Bonchev–Trinajstić information content (AvgIpc) is 2.61. The first-order chi connectivity index (χ1) is 12.3. The summed E-state index contributed by atoms with van der Waals surface area (Å²) < 4.78 is 33.0. The summed E-state index contributed by atoms with van der Waals surface area (Å²) in [6.45, 7) is 3.55. The van der Waals surface area contributed by atoms with E-state index in [1.54, 1.807) is 44.2 Å². The van der Waals surface area contributed by atoms with Gasteiger partial charge >= 0.3 is 0 Å². The molecule has 0 fully saturated rings. The lowest BCUT2D eigenvalue weighted by Gasteiger charge is -2.14. The minimum absolute atomic E-state index is 0.0668. The molecule has 140 valence electrons. The summed E-state index contributed by atoms with van der Waals surface area (Å²) in [5.41, 5.74) is 0.871. The smallest absolute Gasteiger partial charge is 0.261 e. The van der Waals surface area contributed by atoms with Gasteiger partial charge < -0.3 is 10.1 Å². The number of anilines is 2. The van der Waals surface area contributed by atoms with Crippen molar-refractivity contribution in [2.45, 2.75) is 23.6 Å². The summed E-state index contributed by atoms with van der Waals surface area (Å²) in [6.07, 6.45) is 1.86. The maximum absolute atomic E-state index is 12.7. The van der Waals surface area contributed by atoms with Gasteiger partial charge in [-0.05, 0) is 36.6 Å². The summed E-state index contributed by atoms with van der Waals surface area (Å²) in [5.74, 6) is 0.170. The molecule has 2 aromatic rings. The Bertz CT molecular complexity index is 896. The van der Waals surface area contributed by atoms with Crippen molar-refractivity contribution in [3.63, 3.8) is 0 Å². The highest BCUT2D eigenvalue weighted by Crippen LogP contribution is 2.29. The fourth-order valence-electron chi connectivity index (χ4n) is 2.13. The summed E-state index contributed by atoms with van der Waals surface area (Å²) in [6, 6.07) is 11.3. The van der Waals surface area contributed by atoms with Gasteiger partial charge in [-0.25, -0.2) is 8.42 Å². The lowest BCUT2D eigenvalue weighted by atomic mass is 10.2. The van der Waals surface area contributed by atoms with E-state index in [1.165, 1.54) is 31.0 Å². The lowest BCUT2D eigenvalue weighted by molar-refractivity contribution is -0.118. The largest absolute Gasteiger partial charge is 0.497 e. The quantitative estimate of drug-likeness (QED) is 0.698. The van der Waals surface area contributed by atoms with Crippen LogP contribution in [0.5, 0.6) is 5.75 Å². The van der Waals surface area contributed by atoms with E-state index in [-0.39, 0.29) is 16.7 Å². The third-order valence-corrected chi connectivity index (χ3v) is 5.76. The zero-order valence-electron chi connectivity index (χ0n) is 15.1. The molecule has 0 saturated heterocycles. The lowest BCUT2D eigenvalue weighted by Crippen LogP contribution is -2.19.